The molecule has 24 heavy (non-hydrogen) atoms. The Morgan fingerprint density at radius 3 is 2.75 bits per heavy atom. The number of aryl methyl sites for hydroxylation is 1. The van der Waals surface area contributed by atoms with Gasteiger partial charge in [-0.15, -0.1) is 0 Å². The van der Waals surface area contributed by atoms with Gasteiger partial charge in [-0.05, 0) is 56.1 Å². The highest BCUT2D eigenvalue weighted by molar-refractivity contribution is 5.95. The third-order valence-electron chi connectivity index (χ3n) is 6.04. The quantitative estimate of drug-likeness (QED) is 0.896. The molecule has 0 radical (unpaired) electrons. The van der Waals surface area contributed by atoms with Crippen LogP contribution in [0.3, 0.4) is 0 Å². The summed E-state index contributed by atoms with van der Waals surface area (Å²) in [5, 5.41) is 6.39. The first-order chi connectivity index (χ1) is 11.5. The Morgan fingerprint density at radius 2 is 2.04 bits per heavy atom. The fourth-order valence-corrected chi connectivity index (χ4v) is 4.60. The molecule has 0 bridgehead atoms. The molecule has 1 aromatic carbocycles. The molecule has 4 heteroatoms. The van der Waals surface area contributed by atoms with E-state index >= 15 is 0 Å². The summed E-state index contributed by atoms with van der Waals surface area (Å²) in [5.74, 6) is 1.31. The Morgan fingerprint density at radius 1 is 1.29 bits per heavy atom. The van der Waals surface area contributed by atoms with Gasteiger partial charge in [0.25, 0.3) is 5.91 Å². The van der Waals surface area contributed by atoms with Crippen LogP contribution in [0.5, 0.6) is 0 Å². The number of benzene rings is 1. The molecule has 1 aliphatic carbocycles. The summed E-state index contributed by atoms with van der Waals surface area (Å²) in [7, 11) is 0. The number of rotatable bonds is 3. The predicted octanol–water partition coefficient (Wildman–Crippen LogP) is 3.05. The summed E-state index contributed by atoms with van der Waals surface area (Å²) >= 11 is 0. The van der Waals surface area contributed by atoms with Crippen molar-refractivity contribution in [2.75, 3.05) is 0 Å². The molecule has 3 rings (SSSR count). The van der Waals surface area contributed by atoms with Crippen LogP contribution in [0.4, 0.5) is 0 Å². The van der Waals surface area contributed by atoms with E-state index in [1.807, 2.05) is 31.2 Å². The number of nitrogens with one attached hydrogen (secondary N) is 2. The van der Waals surface area contributed by atoms with E-state index in [0.717, 1.165) is 36.8 Å². The summed E-state index contributed by atoms with van der Waals surface area (Å²) in [6.45, 7) is 6.27. The van der Waals surface area contributed by atoms with Crippen LogP contribution in [-0.2, 0) is 4.79 Å². The molecule has 1 saturated carbocycles. The topological polar surface area (TPSA) is 58.2 Å². The average molecular weight is 328 g/mol. The zero-order valence-corrected chi connectivity index (χ0v) is 14.8. The molecule has 1 aromatic rings. The number of piperidine rings is 1. The Balaban J connectivity index is 1.64. The molecule has 130 valence electrons. The van der Waals surface area contributed by atoms with E-state index in [4.69, 9.17) is 0 Å². The zero-order chi connectivity index (χ0) is 17.3. The van der Waals surface area contributed by atoms with Crippen LogP contribution in [0.15, 0.2) is 24.3 Å². The van der Waals surface area contributed by atoms with E-state index in [1.54, 1.807) is 0 Å². The molecular weight excluding hydrogens is 300 g/mol. The molecule has 0 aromatic heterocycles. The van der Waals surface area contributed by atoms with E-state index in [9.17, 15) is 9.59 Å². The monoisotopic (exact) mass is 328 g/mol. The van der Waals surface area contributed by atoms with Gasteiger partial charge in [-0.25, -0.2) is 0 Å². The van der Waals surface area contributed by atoms with E-state index < -0.39 is 0 Å². The standard InChI is InChI=1S/C20H28N2O2/c1-4-15-13(3)17-10-9-14(11-18(17)22-19(15)23)21-20(24)16-8-6-5-7-12(16)2/h5-8,13-15,17-18H,4,9-11H2,1-3H3,(H,21,24)(H,22,23). The smallest absolute Gasteiger partial charge is 0.251 e. The van der Waals surface area contributed by atoms with E-state index in [0.29, 0.717) is 11.8 Å². The highest BCUT2D eigenvalue weighted by Gasteiger charge is 2.43. The Kier molecular flexibility index (Phi) is 4.93. The second-order valence-corrected chi connectivity index (χ2v) is 7.45. The van der Waals surface area contributed by atoms with Crippen LogP contribution in [0.2, 0.25) is 0 Å². The highest BCUT2D eigenvalue weighted by Crippen LogP contribution is 2.38. The molecule has 1 aliphatic heterocycles. The largest absolute Gasteiger partial charge is 0.353 e. The number of carbonyl (C=O) groups is 2. The number of carbonyl (C=O) groups excluding carboxylic acids is 2. The third kappa shape index (κ3) is 3.19. The maximum Gasteiger partial charge on any atom is 0.251 e. The van der Waals surface area contributed by atoms with Gasteiger partial charge in [0.1, 0.15) is 0 Å². The van der Waals surface area contributed by atoms with Gasteiger partial charge in [-0.2, -0.15) is 0 Å². The Hall–Kier alpha value is -1.84. The molecule has 4 nitrogen and oxygen atoms in total. The summed E-state index contributed by atoms with van der Waals surface area (Å²) in [6, 6.07) is 8.01. The van der Waals surface area contributed by atoms with E-state index in [-0.39, 0.29) is 29.8 Å². The fourth-order valence-electron chi connectivity index (χ4n) is 4.60. The van der Waals surface area contributed by atoms with Gasteiger partial charge in [0.05, 0.1) is 0 Å². The van der Waals surface area contributed by atoms with E-state index in [2.05, 4.69) is 24.5 Å². The second kappa shape index (κ2) is 6.96. The molecule has 2 N–H and O–H groups in total. The van der Waals surface area contributed by atoms with Crippen molar-refractivity contribution in [3.05, 3.63) is 35.4 Å². The van der Waals surface area contributed by atoms with Crippen LogP contribution in [0.1, 0.15) is 55.5 Å². The molecule has 2 aliphatic rings. The van der Waals surface area contributed by atoms with Crippen molar-refractivity contribution in [2.24, 2.45) is 17.8 Å². The summed E-state index contributed by atoms with van der Waals surface area (Å²) in [4.78, 5) is 24.8. The van der Waals surface area contributed by atoms with Crippen molar-refractivity contribution in [1.29, 1.82) is 0 Å². The minimum absolute atomic E-state index is 0.00170. The SMILES string of the molecule is CCC1C(=O)NC2CC(NC(=O)c3ccccc3C)CCC2C1C. The van der Waals surface area contributed by atoms with Gasteiger partial charge in [0, 0.05) is 23.6 Å². The lowest BCUT2D eigenvalue weighted by Gasteiger charge is -2.46. The third-order valence-corrected chi connectivity index (χ3v) is 6.04. The first-order valence-electron chi connectivity index (χ1n) is 9.18. The number of amides is 2. The minimum atomic E-state index is -0.00170. The van der Waals surface area contributed by atoms with Crippen LogP contribution in [0, 0.1) is 24.7 Å². The molecule has 1 saturated heterocycles. The van der Waals surface area contributed by atoms with Crippen LogP contribution < -0.4 is 10.6 Å². The summed E-state index contributed by atoms with van der Waals surface area (Å²) in [5.41, 5.74) is 1.74. The fraction of sp³-hybridized carbons (Fsp3) is 0.600. The van der Waals surface area contributed by atoms with Crippen LogP contribution >= 0.6 is 0 Å². The number of hydrogen-bond acceptors (Lipinski definition) is 2. The van der Waals surface area contributed by atoms with Crippen LogP contribution in [-0.4, -0.2) is 23.9 Å². The lowest BCUT2D eigenvalue weighted by Crippen LogP contribution is -2.58. The summed E-state index contributed by atoms with van der Waals surface area (Å²) < 4.78 is 0. The lowest BCUT2D eigenvalue weighted by molar-refractivity contribution is -0.133. The summed E-state index contributed by atoms with van der Waals surface area (Å²) in [6.07, 6.45) is 3.81. The minimum Gasteiger partial charge on any atom is -0.353 e. The van der Waals surface area contributed by atoms with Crippen molar-refractivity contribution < 1.29 is 9.59 Å². The van der Waals surface area contributed by atoms with Crippen molar-refractivity contribution in [2.45, 2.75) is 58.5 Å². The molecular formula is C20H28N2O2. The molecule has 2 fully saturated rings. The van der Waals surface area contributed by atoms with Crippen molar-refractivity contribution in [1.82, 2.24) is 10.6 Å². The molecule has 5 atom stereocenters. The Labute approximate surface area is 144 Å². The van der Waals surface area contributed by atoms with E-state index in [1.165, 1.54) is 0 Å². The predicted molar refractivity (Wildman–Crippen MR) is 94.6 cm³/mol. The second-order valence-electron chi connectivity index (χ2n) is 7.45. The van der Waals surface area contributed by atoms with Gasteiger partial charge < -0.3 is 10.6 Å². The normalized spacial score (nSPS) is 32.6. The zero-order valence-electron chi connectivity index (χ0n) is 14.8. The Bertz CT molecular complexity index is 628. The maximum absolute atomic E-state index is 12.5. The van der Waals surface area contributed by atoms with Gasteiger partial charge >= 0.3 is 0 Å². The first-order valence-corrected chi connectivity index (χ1v) is 9.18. The highest BCUT2D eigenvalue weighted by atomic mass is 16.2. The van der Waals surface area contributed by atoms with Crippen LogP contribution in [0.25, 0.3) is 0 Å². The van der Waals surface area contributed by atoms with Gasteiger partial charge in [-0.1, -0.05) is 32.0 Å². The average Bonchev–Trinajstić information content (AvgIpc) is 2.55. The maximum atomic E-state index is 12.5. The first kappa shape index (κ1) is 17.0. The van der Waals surface area contributed by atoms with Crippen molar-refractivity contribution in [3.8, 4) is 0 Å². The molecule has 5 unspecified atom stereocenters. The molecule has 0 spiro atoms. The lowest BCUT2D eigenvalue weighted by atomic mass is 9.67. The van der Waals surface area contributed by atoms with Gasteiger partial charge in [0.2, 0.25) is 5.91 Å². The van der Waals surface area contributed by atoms with Gasteiger partial charge in [-0.3, -0.25) is 9.59 Å². The number of fused-ring (bicyclic) bond motifs is 1. The molecule has 2 amide bonds. The number of hydrogen-bond donors (Lipinski definition) is 2. The molecule has 1 heterocycles. The van der Waals surface area contributed by atoms with Crippen molar-refractivity contribution >= 4 is 11.8 Å². The van der Waals surface area contributed by atoms with Crippen molar-refractivity contribution in [3.63, 3.8) is 0 Å². The van der Waals surface area contributed by atoms with Gasteiger partial charge in [0.15, 0.2) is 0 Å².